The van der Waals surface area contributed by atoms with E-state index < -0.39 is 6.10 Å². The summed E-state index contributed by atoms with van der Waals surface area (Å²) in [4.78, 5) is 0. The molecule has 2 unspecified atom stereocenters. The van der Waals surface area contributed by atoms with Crippen LogP contribution in [0.5, 0.6) is 5.75 Å². The predicted octanol–water partition coefficient (Wildman–Crippen LogP) is 3.58. The summed E-state index contributed by atoms with van der Waals surface area (Å²) < 4.78 is 5.71. The Labute approximate surface area is 117 Å². The van der Waals surface area contributed by atoms with Gasteiger partial charge in [-0.25, -0.2) is 0 Å². The maximum Gasteiger partial charge on any atom is 0.127 e. The number of fused-ring (bicyclic) bond motifs is 3. The Morgan fingerprint density at radius 2 is 2.28 bits per heavy atom. The molecule has 2 atom stereocenters. The molecule has 0 radical (unpaired) electrons. The van der Waals surface area contributed by atoms with Crippen LogP contribution in [0.1, 0.15) is 36.6 Å². The molecular formula is C14H17ClO2S. The summed E-state index contributed by atoms with van der Waals surface area (Å²) >= 11 is 8.17. The molecular weight excluding hydrogens is 268 g/mol. The van der Waals surface area contributed by atoms with Crippen molar-refractivity contribution in [3.8, 4) is 5.75 Å². The molecule has 0 saturated heterocycles. The van der Waals surface area contributed by atoms with E-state index in [2.05, 4.69) is 13.8 Å². The van der Waals surface area contributed by atoms with Gasteiger partial charge in [0.15, 0.2) is 0 Å². The van der Waals surface area contributed by atoms with Crippen LogP contribution in [0.15, 0.2) is 6.07 Å². The molecule has 98 valence electrons. The van der Waals surface area contributed by atoms with E-state index in [-0.39, 0.29) is 5.25 Å². The first-order chi connectivity index (χ1) is 8.59. The fourth-order valence-corrected chi connectivity index (χ4v) is 4.55. The smallest absolute Gasteiger partial charge is 0.127 e. The molecule has 0 aromatic heterocycles. The maximum absolute atomic E-state index is 10.5. The first-order valence-electron chi connectivity index (χ1n) is 6.36. The van der Waals surface area contributed by atoms with E-state index in [1.165, 1.54) is 5.56 Å². The Kier molecular flexibility index (Phi) is 3.25. The Morgan fingerprint density at radius 3 is 3.00 bits per heavy atom. The van der Waals surface area contributed by atoms with Crippen molar-refractivity contribution in [3.05, 3.63) is 27.8 Å². The first-order valence-corrected chi connectivity index (χ1v) is 7.79. The molecule has 0 aliphatic carbocycles. The topological polar surface area (TPSA) is 29.5 Å². The summed E-state index contributed by atoms with van der Waals surface area (Å²) in [5.74, 6) is 2.30. The lowest BCUT2D eigenvalue weighted by Gasteiger charge is -2.33. The minimum atomic E-state index is -0.485. The largest absolute Gasteiger partial charge is 0.493 e. The number of rotatable bonds is 1. The number of benzene rings is 1. The summed E-state index contributed by atoms with van der Waals surface area (Å²) in [6.07, 6.45) is 0.442. The standard InChI is InChI=1S/C14H17ClO2S/c1-7(2)14-12(16)11-9(6-18-14)13-8(3-4-17-13)5-10(11)15/h5,7,12,14,16H,3-4,6H2,1-2H3. The monoisotopic (exact) mass is 284 g/mol. The fraction of sp³-hybridized carbons (Fsp3) is 0.571. The molecule has 0 bridgehead atoms. The lowest BCUT2D eigenvalue weighted by molar-refractivity contribution is 0.155. The van der Waals surface area contributed by atoms with Gasteiger partial charge in [-0.2, -0.15) is 11.8 Å². The van der Waals surface area contributed by atoms with Gasteiger partial charge in [0.25, 0.3) is 0 Å². The minimum Gasteiger partial charge on any atom is -0.493 e. The summed E-state index contributed by atoms with van der Waals surface area (Å²) in [5.41, 5.74) is 3.20. The Bertz CT molecular complexity index is 487. The highest BCUT2D eigenvalue weighted by Crippen LogP contribution is 2.49. The Balaban J connectivity index is 2.11. The second-order valence-electron chi connectivity index (χ2n) is 5.30. The summed E-state index contributed by atoms with van der Waals surface area (Å²) in [6, 6.07) is 1.97. The van der Waals surface area contributed by atoms with Crippen LogP contribution < -0.4 is 4.74 Å². The van der Waals surface area contributed by atoms with Crippen LogP contribution in [0.4, 0.5) is 0 Å². The molecule has 2 aliphatic heterocycles. The van der Waals surface area contributed by atoms with Gasteiger partial charge in [-0.3, -0.25) is 0 Å². The van der Waals surface area contributed by atoms with Crippen LogP contribution in [-0.4, -0.2) is 17.0 Å². The van der Waals surface area contributed by atoms with Gasteiger partial charge in [-0.15, -0.1) is 0 Å². The highest BCUT2D eigenvalue weighted by atomic mass is 35.5. The van der Waals surface area contributed by atoms with Gasteiger partial charge >= 0.3 is 0 Å². The van der Waals surface area contributed by atoms with Gasteiger partial charge in [0.2, 0.25) is 0 Å². The lowest BCUT2D eigenvalue weighted by atomic mass is 9.92. The predicted molar refractivity (Wildman–Crippen MR) is 75.5 cm³/mol. The van der Waals surface area contributed by atoms with Crippen molar-refractivity contribution in [3.63, 3.8) is 0 Å². The van der Waals surface area contributed by atoms with Gasteiger partial charge in [0.1, 0.15) is 5.75 Å². The molecule has 1 N–H and O–H groups in total. The van der Waals surface area contributed by atoms with Crippen LogP contribution in [0, 0.1) is 5.92 Å². The molecule has 3 rings (SSSR count). The van der Waals surface area contributed by atoms with Crippen molar-refractivity contribution >= 4 is 23.4 Å². The highest BCUT2D eigenvalue weighted by Gasteiger charge is 2.35. The van der Waals surface area contributed by atoms with E-state index in [1.807, 2.05) is 17.8 Å². The normalized spacial score (nSPS) is 25.8. The summed E-state index contributed by atoms with van der Waals surface area (Å²) in [7, 11) is 0. The number of halogens is 1. The van der Waals surface area contributed by atoms with Crippen LogP contribution >= 0.6 is 23.4 Å². The Hall–Kier alpha value is -0.380. The molecule has 0 saturated carbocycles. The molecule has 18 heavy (non-hydrogen) atoms. The first kappa shape index (κ1) is 12.6. The van der Waals surface area contributed by atoms with E-state index in [0.717, 1.165) is 35.7 Å². The second-order valence-corrected chi connectivity index (χ2v) is 6.88. The zero-order chi connectivity index (χ0) is 12.9. The molecule has 4 heteroatoms. The maximum atomic E-state index is 10.5. The van der Waals surface area contributed by atoms with Crippen LogP contribution in [0.25, 0.3) is 0 Å². The van der Waals surface area contributed by atoms with Crippen molar-refractivity contribution in [1.29, 1.82) is 0 Å². The minimum absolute atomic E-state index is 0.217. The zero-order valence-corrected chi connectivity index (χ0v) is 12.1. The number of thioether (sulfide) groups is 1. The average Bonchev–Trinajstić information content (AvgIpc) is 2.76. The van der Waals surface area contributed by atoms with Gasteiger partial charge < -0.3 is 9.84 Å². The quantitative estimate of drug-likeness (QED) is 0.855. The molecule has 0 amide bonds. The van der Waals surface area contributed by atoms with Crippen LogP contribution in [-0.2, 0) is 12.2 Å². The van der Waals surface area contributed by atoms with Crippen molar-refractivity contribution in [2.45, 2.75) is 37.4 Å². The van der Waals surface area contributed by atoms with Crippen molar-refractivity contribution < 1.29 is 9.84 Å². The van der Waals surface area contributed by atoms with Gasteiger partial charge in [-0.1, -0.05) is 25.4 Å². The highest BCUT2D eigenvalue weighted by molar-refractivity contribution is 7.99. The SMILES string of the molecule is CC(C)C1SCc2c3c(cc(Cl)c2C1O)CCO3. The van der Waals surface area contributed by atoms with Crippen LogP contribution in [0.2, 0.25) is 5.02 Å². The zero-order valence-electron chi connectivity index (χ0n) is 10.6. The number of hydrogen-bond donors (Lipinski definition) is 1. The summed E-state index contributed by atoms with van der Waals surface area (Å²) in [6.45, 7) is 5.02. The third kappa shape index (κ3) is 1.84. The van der Waals surface area contributed by atoms with Crippen molar-refractivity contribution in [2.24, 2.45) is 5.92 Å². The van der Waals surface area contributed by atoms with Gasteiger partial charge in [0.05, 0.1) is 12.7 Å². The molecule has 1 aromatic carbocycles. The molecule has 1 aromatic rings. The fourth-order valence-electron chi connectivity index (χ4n) is 2.84. The average molecular weight is 285 g/mol. The van der Waals surface area contributed by atoms with E-state index in [4.69, 9.17) is 16.3 Å². The molecule has 2 heterocycles. The van der Waals surface area contributed by atoms with E-state index >= 15 is 0 Å². The lowest BCUT2D eigenvalue weighted by Crippen LogP contribution is -2.26. The number of ether oxygens (including phenoxy) is 1. The van der Waals surface area contributed by atoms with Crippen molar-refractivity contribution in [2.75, 3.05) is 6.61 Å². The Morgan fingerprint density at radius 1 is 1.50 bits per heavy atom. The number of hydrogen-bond acceptors (Lipinski definition) is 3. The van der Waals surface area contributed by atoms with Crippen LogP contribution in [0.3, 0.4) is 0 Å². The molecule has 0 fully saturated rings. The third-order valence-electron chi connectivity index (χ3n) is 3.75. The van der Waals surface area contributed by atoms with Gasteiger partial charge in [0, 0.05) is 33.6 Å². The van der Waals surface area contributed by atoms with E-state index in [0.29, 0.717) is 10.9 Å². The van der Waals surface area contributed by atoms with Gasteiger partial charge in [-0.05, 0) is 17.5 Å². The molecule has 2 nitrogen and oxygen atoms in total. The third-order valence-corrected chi connectivity index (χ3v) is 5.71. The molecule has 0 spiro atoms. The summed E-state index contributed by atoms with van der Waals surface area (Å²) in [5, 5.41) is 11.5. The van der Waals surface area contributed by atoms with E-state index in [9.17, 15) is 5.11 Å². The molecule has 2 aliphatic rings. The van der Waals surface area contributed by atoms with Crippen molar-refractivity contribution in [1.82, 2.24) is 0 Å². The van der Waals surface area contributed by atoms with E-state index in [1.54, 1.807) is 0 Å². The number of aliphatic hydroxyl groups excluding tert-OH is 1. The number of aliphatic hydroxyl groups is 1. The second kappa shape index (κ2) is 4.62.